The van der Waals surface area contributed by atoms with Crippen molar-refractivity contribution in [2.24, 2.45) is 0 Å². The SMILES string of the molecule is Cc1c(Nc2nccc3cc(CN4CCC(O)C4)cnc23)cccc1-c1cccc(-c2nc3c(=N)n(CCO)ccc3o2)c1C. The molecule has 2 aromatic carbocycles. The van der Waals surface area contributed by atoms with E-state index in [1.807, 2.05) is 36.5 Å². The predicted molar refractivity (Wildman–Crippen MR) is 174 cm³/mol. The summed E-state index contributed by atoms with van der Waals surface area (Å²) >= 11 is 0. The van der Waals surface area contributed by atoms with Gasteiger partial charge in [-0.15, -0.1) is 0 Å². The van der Waals surface area contributed by atoms with Crippen LogP contribution in [0.25, 0.3) is 44.6 Å². The van der Waals surface area contributed by atoms with Crippen LogP contribution in [0.15, 0.2) is 77.6 Å². The number of benzene rings is 2. The second-order valence-electron chi connectivity index (χ2n) is 11.6. The van der Waals surface area contributed by atoms with Gasteiger partial charge in [0.15, 0.2) is 22.4 Å². The highest BCUT2D eigenvalue weighted by atomic mass is 16.3. The van der Waals surface area contributed by atoms with Gasteiger partial charge in [0.1, 0.15) is 5.52 Å². The van der Waals surface area contributed by atoms with Crippen LogP contribution in [-0.4, -0.2) is 60.4 Å². The van der Waals surface area contributed by atoms with Crippen molar-refractivity contribution in [2.75, 3.05) is 25.0 Å². The number of aliphatic hydroxyl groups is 2. The van der Waals surface area contributed by atoms with E-state index >= 15 is 0 Å². The molecular formula is C35H35N7O3. The Bertz CT molecular complexity index is 2100. The number of aromatic nitrogens is 4. The smallest absolute Gasteiger partial charge is 0.227 e. The molecule has 4 aromatic heterocycles. The zero-order valence-electron chi connectivity index (χ0n) is 25.3. The van der Waals surface area contributed by atoms with E-state index in [0.29, 0.717) is 35.9 Å². The van der Waals surface area contributed by atoms with Crippen LogP contribution in [0.4, 0.5) is 11.5 Å². The van der Waals surface area contributed by atoms with Crippen LogP contribution in [0.5, 0.6) is 0 Å². The maximum Gasteiger partial charge on any atom is 0.227 e. The molecule has 5 heterocycles. The summed E-state index contributed by atoms with van der Waals surface area (Å²) in [6.45, 7) is 6.78. The maximum absolute atomic E-state index is 9.89. The van der Waals surface area contributed by atoms with E-state index < -0.39 is 0 Å². The molecule has 4 N–H and O–H groups in total. The molecule has 228 valence electrons. The molecule has 1 fully saturated rings. The number of rotatable bonds is 8. The molecule has 1 aliphatic rings. The van der Waals surface area contributed by atoms with Gasteiger partial charge in [-0.05, 0) is 78.4 Å². The summed E-state index contributed by atoms with van der Waals surface area (Å²) in [5, 5.41) is 32.3. The number of β-amino-alcohol motifs (C(OH)–C–C–N with tert-alkyl or cyclic N) is 1. The first-order chi connectivity index (χ1) is 21.9. The van der Waals surface area contributed by atoms with Crippen molar-refractivity contribution in [1.82, 2.24) is 24.4 Å². The van der Waals surface area contributed by atoms with Gasteiger partial charge in [0, 0.05) is 61.4 Å². The van der Waals surface area contributed by atoms with Crippen molar-refractivity contribution in [3.8, 4) is 22.6 Å². The van der Waals surface area contributed by atoms with Crippen molar-refractivity contribution >= 4 is 33.5 Å². The van der Waals surface area contributed by atoms with Gasteiger partial charge < -0.3 is 24.5 Å². The number of oxazole rings is 1. The summed E-state index contributed by atoms with van der Waals surface area (Å²) in [5.74, 6) is 1.15. The summed E-state index contributed by atoms with van der Waals surface area (Å²) in [6, 6.07) is 18.2. The zero-order chi connectivity index (χ0) is 31.1. The van der Waals surface area contributed by atoms with Gasteiger partial charge in [0.05, 0.1) is 12.7 Å². The number of pyridine rings is 3. The minimum atomic E-state index is -0.243. The van der Waals surface area contributed by atoms with Crippen LogP contribution in [0, 0.1) is 19.3 Å². The van der Waals surface area contributed by atoms with E-state index in [-0.39, 0.29) is 18.2 Å². The minimum absolute atomic E-state index is 0.0551. The Morgan fingerprint density at radius 2 is 1.80 bits per heavy atom. The topological polar surface area (TPSA) is 136 Å². The largest absolute Gasteiger partial charge is 0.436 e. The number of nitrogens with one attached hydrogen (secondary N) is 2. The second kappa shape index (κ2) is 11.9. The first-order valence-electron chi connectivity index (χ1n) is 15.2. The third-order valence-corrected chi connectivity index (χ3v) is 8.66. The van der Waals surface area contributed by atoms with Crippen molar-refractivity contribution in [1.29, 1.82) is 5.41 Å². The number of anilines is 2. The number of aliphatic hydroxyl groups excluding tert-OH is 2. The summed E-state index contributed by atoms with van der Waals surface area (Å²) < 4.78 is 7.77. The second-order valence-corrected chi connectivity index (χ2v) is 11.6. The Kier molecular flexibility index (Phi) is 7.62. The average Bonchev–Trinajstić information content (AvgIpc) is 3.66. The van der Waals surface area contributed by atoms with Gasteiger partial charge in [-0.1, -0.05) is 24.3 Å². The number of likely N-dealkylation sites (tertiary alicyclic amines) is 1. The predicted octanol–water partition coefficient (Wildman–Crippen LogP) is 5.31. The van der Waals surface area contributed by atoms with Gasteiger partial charge in [-0.2, -0.15) is 0 Å². The summed E-state index contributed by atoms with van der Waals surface area (Å²) in [7, 11) is 0. The lowest BCUT2D eigenvalue weighted by atomic mass is 9.93. The van der Waals surface area contributed by atoms with Crippen molar-refractivity contribution in [2.45, 2.75) is 39.5 Å². The van der Waals surface area contributed by atoms with Crippen molar-refractivity contribution in [3.05, 3.63) is 95.4 Å². The van der Waals surface area contributed by atoms with Crippen LogP contribution in [0.3, 0.4) is 0 Å². The van der Waals surface area contributed by atoms with Crippen LogP contribution in [-0.2, 0) is 13.1 Å². The Morgan fingerprint density at radius 1 is 1.00 bits per heavy atom. The Morgan fingerprint density at radius 3 is 2.60 bits per heavy atom. The van der Waals surface area contributed by atoms with Crippen LogP contribution >= 0.6 is 0 Å². The molecule has 1 unspecified atom stereocenters. The molecule has 1 saturated heterocycles. The molecule has 7 rings (SSSR count). The quantitative estimate of drug-likeness (QED) is 0.184. The first-order valence-corrected chi connectivity index (χ1v) is 15.2. The van der Waals surface area contributed by atoms with E-state index in [4.69, 9.17) is 14.8 Å². The number of hydrogen-bond acceptors (Lipinski definition) is 9. The van der Waals surface area contributed by atoms with Gasteiger partial charge in [-0.3, -0.25) is 15.3 Å². The molecule has 1 aliphatic heterocycles. The zero-order valence-corrected chi connectivity index (χ0v) is 25.3. The summed E-state index contributed by atoms with van der Waals surface area (Å²) in [4.78, 5) is 16.4. The maximum atomic E-state index is 9.89. The summed E-state index contributed by atoms with van der Waals surface area (Å²) in [6.07, 6.45) is 6.02. The number of fused-ring (bicyclic) bond motifs is 2. The van der Waals surface area contributed by atoms with Crippen LogP contribution in [0.1, 0.15) is 23.1 Å². The fraction of sp³-hybridized carbons (Fsp3) is 0.257. The van der Waals surface area contributed by atoms with Gasteiger partial charge in [-0.25, -0.2) is 9.97 Å². The molecule has 45 heavy (non-hydrogen) atoms. The van der Waals surface area contributed by atoms with Crippen LogP contribution in [0.2, 0.25) is 0 Å². The lowest BCUT2D eigenvalue weighted by Crippen LogP contribution is -2.21. The molecule has 1 atom stereocenters. The van der Waals surface area contributed by atoms with Crippen molar-refractivity contribution in [3.63, 3.8) is 0 Å². The number of nitrogens with zero attached hydrogens (tertiary/aromatic N) is 5. The molecule has 0 amide bonds. The van der Waals surface area contributed by atoms with E-state index in [2.05, 4.69) is 52.2 Å². The molecule has 10 heteroatoms. The highest BCUT2D eigenvalue weighted by Crippen LogP contribution is 2.37. The first kappa shape index (κ1) is 28.8. The standard InChI is InChI=1S/C35H35N7O3/c1-21-26(5-3-7-28(21)35-40-32-30(45-35)11-14-42(15-16-43)33(32)36)27-6-4-8-29(22(27)2)39-34-31-24(9-12-37-34)17-23(18-38-31)19-41-13-10-25(44)20-41/h3-9,11-12,14,17-18,25,36,43-44H,10,13,15-16,19-20H2,1-2H3,(H,37,39). The lowest BCUT2D eigenvalue weighted by molar-refractivity contribution is 0.175. The molecule has 0 saturated carbocycles. The van der Waals surface area contributed by atoms with E-state index in [9.17, 15) is 10.2 Å². The van der Waals surface area contributed by atoms with Gasteiger partial charge in [0.2, 0.25) is 5.89 Å². The van der Waals surface area contributed by atoms with E-state index in [1.54, 1.807) is 23.0 Å². The Hall–Kier alpha value is -4.90. The Balaban J connectivity index is 1.20. The van der Waals surface area contributed by atoms with Crippen molar-refractivity contribution < 1.29 is 14.6 Å². The summed E-state index contributed by atoms with van der Waals surface area (Å²) in [5.41, 5.74) is 9.12. The van der Waals surface area contributed by atoms with E-state index in [1.165, 1.54) is 0 Å². The third-order valence-electron chi connectivity index (χ3n) is 8.66. The highest BCUT2D eigenvalue weighted by molar-refractivity contribution is 5.91. The Labute approximate surface area is 260 Å². The monoisotopic (exact) mass is 601 g/mol. The van der Waals surface area contributed by atoms with Gasteiger partial charge in [0.25, 0.3) is 0 Å². The third kappa shape index (κ3) is 5.48. The molecule has 0 spiro atoms. The normalized spacial score (nSPS) is 15.3. The molecule has 0 bridgehead atoms. The lowest BCUT2D eigenvalue weighted by Gasteiger charge is -2.17. The minimum Gasteiger partial charge on any atom is -0.436 e. The molecule has 6 aromatic rings. The molecular weight excluding hydrogens is 566 g/mol. The van der Waals surface area contributed by atoms with Gasteiger partial charge >= 0.3 is 0 Å². The highest BCUT2D eigenvalue weighted by Gasteiger charge is 2.21. The fourth-order valence-electron chi connectivity index (χ4n) is 6.24. The van der Waals surface area contributed by atoms with E-state index in [0.717, 1.165) is 69.5 Å². The van der Waals surface area contributed by atoms with Crippen LogP contribution < -0.4 is 10.8 Å². The molecule has 0 aliphatic carbocycles. The molecule has 0 radical (unpaired) electrons. The number of hydrogen-bond donors (Lipinski definition) is 4. The fourth-order valence-corrected chi connectivity index (χ4v) is 6.24. The molecule has 10 nitrogen and oxygen atoms in total. The average molecular weight is 602 g/mol.